The maximum Gasteiger partial charge on any atom is 0.221 e. The smallest absolute Gasteiger partial charge is 0.221 e. The number of carbonyl (C=O) groups excluding carboxylic acids is 1. The molecule has 0 aliphatic carbocycles. The van der Waals surface area contributed by atoms with Crippen molar-refractivity contribution in [1.82, 2.24) is 0 Å². The molecule has 43 heavy (non-hydrogen) atoms. The van der Waals surface area contributed by atoms with Crippen LogP contribution in [0.15, 0.2) is 109 Å². The Balaban J connectivity index is 1.94. The van der Waals surface area contributed by atoms with Crippen molar-refractivity contribution in [1.29, 1.82) is 0 Å². The van der Waals surface area contributed by atoms with Crippen LogP contribution in [0.1, 0.15) is 34.7 Å². The molecular weight excluding hydrogens is 522 g/mol. The molecule has 0 aliphatic heterocycles. The lowest BCUT2D eigenvalue weighted by molar-refractivity contribution is -0.114. The molecule has 0 aromatic heterocycles. The van der Waals surface area contributed by atoms with Gasteiger partial charge in [-0.15, -0.1) is 0 Å². The van der Waals surface area contributed by atoms with E-state index < -0.39 is 0 Å². The van der Waals surface area contributed by atoms with E-state index in [1.165, 1.54) is 33.4 Å². The topological polar surface area (TPSA) is 29.1 Å². The number of hydrogen-bond acceptors (Lipinski definition) is 1. The summed E-state index contributed by atoms with van der Waals surface area (Å²) in [6.45, 7) is 12.2. The lowest BCUT2D eigenvalue weighted by Crippen LogP contribution is -2.08. The van der Waals surface area contributed by atoms with Gasteiger partial charge in [0.2, 0.25) is 5.91 Å². The lowest BCUT2D eigenvalue weighted by Gasteiger charge is -2.26. The normalized spacial score (nSPS) is 11.1. The molecule has 0 heterocycles. The second-order valence-electron chi connectivity index (χ2n) is 11.9. The number of hydrogen-bond donors (Lipinski definition) is 1. The van der Waals surface area contributed by atoms with Gasteiger partial charge in [-0.25, -0.2) is 0 Å². The minimum absolute atomic E-state index is 0.0851. The van der Waals surface area contributed by atoms with Crippen LogP contribution in [0.25, 0.3) is 55.3 Å². The number of anilines is 1. The highest BCUT2D eigenvalue weighted by atomic mass is 16.1. The van der Waals surface area contributed by atoms with Gasteiger partial charge >= 0.3 is 0 Å². The van der Waals surface area contributed by atoms with Gasteiger partial charge < -0.3 is 5.32 Å². The molecule has 0 spiro atoms. The summed E-state index contributed by atoms with van der Waals surface area (Å²) in [5.41, 5.74) is 16.0. The third-order valence-corrected chi connectivity index (χ3v) is 8.22. The molecule has 0 saturated heterocycles. The van der Waals surface area contributed by atoms with Crippen LogP contribution in [-0.2, 0) is 4.79 Å². The molecule has 0 radical (unpaired) electrons. The molecular formula is C41H37NO. The summed E-state index contributed by atoms with van der Waals surface area (Å²) >= 11 is 0. The zero-order valence-corrected chi connectivity index (χ0v) is 25.8. The number of nitrogens with one attached hydrogen (secondary N) is 1. The SMILES string of the molecule is CC(=O)Nc1cc(C)cc2c(-c3ccc(C)cc3)c(-c3ccc(C)cc3)c(-c3ccc(C)cc3)c(-c3ccc(C)cc3)c12. The summed E-state index contributed by atoms with van der Waals surface area (Å²) in [5, 5.41) is 5.38. The zero-order valence-electron chi connectivity index (χ0n) is 25.8. The van der Waals surface area contributed by atoms with Crippen molar-refractivity contribution in [2.45, 2.75) is 41.5 Å². The number of benzene rings is 6. The second kappa shape index (κ2) is 11.4. The predicted molar refractivity (Wildman–Crippen MR) is 184 cm³/mol. The third-order valence-electron chi connectivity index (χ3n) is 8.22. The first-order valence-electron chi connectivity index (χ1n) is 14.9. The summed E-state index contributed by atoms with van der Waals surface area (Å²) in [5.74, 6) is -0.0851. The molecule has 212 valence electrons. The Labute approximate surface area is 255 Å². The zero-order chi connectivity index (χ0) is 30.2. The first-order chi connectivity index (χ1) is 20.7. The molecule has 1 N–H and O–H groups in total. The van der Waals surface area contributed by atoms with Crippen molar-refractivity contribution < 1.29 is 4.79 Å². The van der Waals surface area contributed by atoms with E-state index in [0.717, 1.165) is 55.4 Å². The highest BCUT2D eigenvalue weighted by Crippen LogP contribution is 2.52. The van der Waals surface area contributed by atoms with Crippen LogP contribution in [0, 0.1) is 34.6 Å². The highest BCUT2D eigenvalue weighted by molar-refractivity contribution is 6.22. The molecule has 0 aliphatic rings. The largest absolute Gasteiger partial charge is 0.326 e. The fourth-order valence-electron chi connectivity index (χ4n) is 6.10. The van der Waals surface area contributed by atoms with Crippen LogP contribution in [0.2, 0.25) is 0 Å². The Morgan fingerprint density at radius 3 is 1.19 bits per heavy atom. The molecule has 2 nitrogen and oxygen atoms in total. The number of fused-ring (bicyclic) bond motifs is 1. The molecule has 2 heteroatoms. The van der Waals surface area contributed by atoms with Crippen molar-refractivity contribution >= 4 is 22.4 Å². The lowest BCUT2D eigenvalue weighted by atomic mass is 9.78. The van der Waals surface area contributed by atoms with Crippen molar-refractivity contribution in [3.8, 4) is 44.5 Å². The molecule has 6 rings (SSSR count). The Hall–Kier alpha value is -4.95. The number of aryl methyl sites for hydroxylation is 5. The van der Waals surface area contributed by atoms with E-state index in [2.05, 4.69) is 149 Å². The average molecular weight is 560 g/mol. The fourth-order valence-corrected chi connectivity index (χ4v) is 6.10. The van der Waals surface area contributed by atoms with E-state index in [1.807, 2.05) is 0 Å². The van der Waals surface area contributed by atoms with Gasteiger partial charge in [-0.05, 0) is 90.6 Å². The van der Waals surface area contributed by atoms with Crippen molar-refractivity contribution in [3.05, 3.63) is 137 Å². The maximum atomic E-state index is 12.7. The molecule has 0 bridgehead atoms. The molecule has 0 saturated carbocycles. The Kier molecular flexibility index (Phi) is 7.46. The summed E-state index contributed by atoms with van der Waals surface area (Å²) in [4.78, 5) is 12.7. The first-order valence-corrected chi connectivity index (χ1v) is 14.9. The van der Waals surface area contributed by atoms with Gasteiger partial charge in [0.05, 0.1) is 0 Å². The van der Waals surface area contributed by atoms with Crippen LogP contribution in [0.5, 0.6) is 0 Å². The van der Waals surface area contributed by atoms with Crippen LogP contribution in [0.3, 0.4) is 0 Å². The van der Waals surface area contributed by atoms with Gasteiger partial charge in [0, 0.05) is 23.6 Å². The standard InChI is InChI=1S/C41H37NO/c1-25-7-15-31(16-8-25)37-35-23-29(5)24-36(42-30(6)43)41(35)40(34-21-13-28(4)14-22-34)39(33-19-11-27(3)12-20-33)38(37)32-17-9-26(2)10-18-32/h7-24H,1-6H3,(H,42,43). The average Bonchev–Trinajstić information content (AvgIpc) is 2.98. The van der Waals surface area contributed by atoms with Crippen molar-refractivity contribution in [2.24, 2.45) is 0 Å². The molecule has 0 fully saturated rings. The molecule has 0 unspecified atom stereocenters. The highest BCUT2D eigenvalue weighted by Gasteiger charge is 2.26. The summed E-state index contributed by atoms with van der Waals surface area (Å²) in [7, 11) is 0. The van der Waals surface area contributed by atoms with Crippen molar-refractivity contribution in [2.75, 3.05) is 5.32 Å². The molecule has 0 atom stereocenters. The van der Waals surface area contributed by atoms with E-state index in [0.29, 0.717) is 0 Å². The van der Waals surface area contributed by atoms with Gasteiger partial charge in [-0.3, -0.25) is 4.79 Å². The summed E-state index contributed by atoms with van der Waals surface area (Å²) in [6, 6.07) is 39.7. The predicted octanol–water partition coefficient (Wildman–Crippen LogP) is 11.0. The number of carbonyl (C=O) groups is 1. The van der Waals surface area contributed by atoms with Crippen molar-refractivity contribution in [3.63, 3.8) is 0 Å². The summed E-state index contributed by atoms with van der Waals surface area (Å²) in [6.07, 6.45) is 0. The van der Waals surface area contributed by atoms with Gasteiger partial charge in [0.1, 0.15) is 0 Å². The van der Waals surface area contributed by atoms with Crippen LogP contribution < -0.4 is 5.32 Å². The second-order valence-corrected chi connectivity index (χ2v) is 11.9. The quantitative estimate of drug-likeness (QED) is 0.224. The fraction of sp³-hybridized carbons (Fsp3) is 0.146. The maximum absolute atomic E-state index is 12.7. The van der Waals surface area contributed by atoms with Crippen LogP contribution >= 0.6 is 0 Å². The molecule has 6 aromatic rings. The van der Waals surface area contributed by atoms with Gasteiger partial charge in [0.15, 0.2) is 0 Å². The van der Waals surface area contributed by atoms with E-state index in [1.54, 1.807) is 6.92 Å². The first kappa shape index (κ1) is 28.2. The van der Waals surface area contributed by atoms with Gasteiger partial charge in [-0.1, -0.05) is 125 Å². The minimum Gasteiger partial charge on any atom is -0.326 e. The Morgan fingerprint density at radius 1 is 0.442 bits per heavy atom. The molecule has 6 aromatic carbocycles. The van der Waals surface area contributed by atoms with Gasteiger partial charge in [-0.2, -0.15) is 0 Å². The van der Waals surface area contributed by atoms with Gasteiger partial charge in [0.25, 0.3) is 0 Å². The van der Waals surface area contributed by atoms with E-state index >= 15 is 0 Å². The molecule has 1 amide bonds. The van der Waals surface area contributed by atoms with E-state index in [-0.39, 0.29) is 5.91 Å². The van der Waals surface area contributed by atoms with E-state index in [4.69, 9.17) is 0 Å². The minimum atomic E-state index is -0.0851. The van der Waals surface area contributed by atoms with E-state index in [9.17, 15) is 4.79 Å². The number of rotatable bonds is 5. The third kappa shape index (κ3) is 5.49. The van der Waals surface area contributed by atoms with Crippen LogP contribution in [0.4, 0.5) is 5.69 Å². The number of amides is 1. The van der Waals surface area contributed by atoms with Crippen LogP contribution in [-0.4, -0.2) is 5.91 Å². The monoisotopic (exact) mass is 559 g/mol. The Bertz CT molecular complexity index is 1960. The summed E-state index contributed by atoms with van der Waals surface area (Å²) < 4.78 is 0. The Morgan fingerprint density at radius 2 is 0.791 bits per heavy atom.